The highest BCUT2D eigenvalue weighted by molar-refractivity contribution is 5.94. The van der Waals surface area contributed by atoms with E-state index in [4.69, 9.17) is 4.74 Å². The number of hydrogen-bond donors (Lipinski definition) is 1. The first-order chi connectivity index (χ1) is 11.6. The average molecular weight is 331 g/mol. The average Bonchev–Trinajstić information content (AvgIpc) is 2.58. The van der Waals surface area contributed by atoms with Gasteiger partial charge in [0.2, 0.25) is 0 Å². The predicted octanol–water partition coefficient (Wildman–Crippen LogP) is 4.25. The molecule has 0 heterocycles. The predicted molar refractivity (Wildman–Crippen MR) is 88.2 cm³/mol. The van der Waals surface area contributed by atoms with Crippen molar-refractivity contribution in [2.45, 2.75) is 38.7 Å². The Bertz CT molecular complexity index is 741. The summed E-state index contributed by atoms with van der Waals surface area (Å²) in [6.45, 7) is 1.57. The lowest BCUT2D eigenvalue weighted by Crippen LogP contribution is -2.31. The summed E-state index contributed by atoms with van der Waals surface area (Å²) in [7, 11) is 0. The van der Waals surface area contributed by atoms with E-state index >= 15 is 0 Å². The van der Waals surface area contributed by atoms with Crippen molar-refractivity contribution in [1.29, 1.82) is 0 Å². The molecule has 2 aromatic carbocycles. The Morgan fingerprint density at radius 1 is 1.08 bits per heavy atom. The molecule has 126 valence electrons. The van der Waals surface area contributed by atoms with Crippen molar-refractivity contribution in [1.82, 2.24) is 0 Å². The van der Waals surface area contributed by atoms with Crippen LogP contribution in [0.4, 0.5) is 14.5 Å². The van der Waals surface area contributed by atoms with Crippen LogP contribution in [0.3, 0.4) is 0 Å². The third kappa shape index (κ3) is 3.40. The van der Waals surface area contributed by atoms with Gasteiger partial charge in [-0.15, -0.1) is 0 Å². The molecule has 0 aromatic heterocycles. The van der Waals surface area contributed by atoms with Crippen LogP contribution in [0.25, 0.3) is 0 Å². The molecule has 1 atom stereocenters. The number of carbonyl (C=O) groups is 1. The van der Waals surface area contributed by atoms with E-state index in [0.717, 1.165) is 43.4 Å². The SMILES string of the molecule is C[C@H](Oc1cccc2c1CCCC2)C(=O)Nc1c(F)cccc1F. The minimum atomic E-state index is -0.863. The van der Waals surface area contributed by atoms with Crippen LogP contribution in [0.1, 0.15) is 30.9 Å². The molecule has 0 unspecified atom stereocenters. The van der Waals surface area contributed by atoms with Crippen LogP contribution in [-0.4, -0.2) is 12.0 Å². The molecule has 1 amide bonds. The van der Waals surface area contributed by atoms with Crippen molar-refractivity contribution in [3.05, 3.63) is 59.2 Å². The van der Waals surface area contributed by atoms with Crippen molar-refractivity contribution in [2.24, 2.45) is 0 Å². The van der Waals surface area contributed by atoms with Gasteiger partial charge in [-0.3, -0.25) is 4.79 Å². The maximum atomic E-state index is 13.6. The number of benzene rings is 2. The molecule has 0 saturated heterocycles. The first kappa shape index (κ1) is 16.4. The van der Waals surface area contributed by atoms with Gasteiger partial charge in [0, 0.05) is 0 Å². The smallest absolute Gasteiger partial charge is 0.265 e. The molecular weight excluding hydrogens is 312 g/mol. The summed E-state index contributed by atoms with van der Waals surface area (Å²) in [5, 5.41) is 2.26. The molecule has 3 rings (SSSR count). The van der Waals surface area contributed by atoms with Crippen LogP contribution in [0.2, 0.25) is 0 Å². The van der Waals surface area contributed by atoms with Gasteiger partial charge >= 0.3 is 0 Å². The molecule has 0 aliphatic heterocycles. The zero-order valence-corrected chi connectivity index (χ0v) is 13.4. The van der Waals surface area contributed by atoms with Crippen molar-refractivity contribution in [2.75, 3.05) is 5.32 Å². The number of aryl methyl sites for hydroxylation is 1. The highest BCUT2D eigenvalue weighted by Gasteiger charge is 2.21. The lowest BCUT2D eigenvalue weighted by molar-refractivity contribution is -0.122. The van der Waals surface area contributed by atoms with Gasteiger partial charge in [-0.1, -0.05) is 18.2 Å². The standard InChI is InChI=1S/C19H19F2NO2/c1-12(19(23)22-18-15(20)9-5-10-16(18)21)24-17-11-4-7-13-6-2-3-8-14(13)17/h4-5,7,9-12H,2-3,6,8H2,1H3,(H,22,23)/t12-/m0/s1. The first-order valence-electron chi connectivity index (χ1n) is 8.08. The zero-order chi connectivity index (χ0) is 17.1. The van der Waals surface area contributed by atoms with Gasteiger partial charge in [-0.25, -0.2) is 8.78 Å². The van der Waals surface area contributed by atoms with E-state index in [1.807, 2.05) is 12.1 Å². The number of halogens is 2. The van der Waals surface area contributed by atoms with Gasteiger partial charge in [0.1, 0.15) is 23.1 Å². The molecule has 0 fully saturated rings. The van der Waals surface area contributed by atoms with Crippen LogP contribution in [0.5, 0.6) is 5.75 Å². The second-order valence-electron chi connectivity index (χ2n) is 5.95. The molecule has 5 heteroatoms. The fourth-order valence-electron chi connectivity index (χ4n) is 2.94. The quantitative estimate of drug-likeness (QED) is 0.909. The fourth-order valence-corrected chi connectivity index (χ4v) is 2.94. The van der Waals surface area contributed by atoms with Crippen molar-refractivity contribution in [3.8, 4) is 5.75 Å². The van der Waals surface area contributed by atoms with Gasteiger partial charge in [0.15, 0.2) is 6.10 Å². The Labute approximate surface area is 139 Å². The van der Waals surface area contributed by atoms with Gasteiger partial charge < -0.3 is 10.1 Å². The highest BCUT2D eigenvalue weighted by atomic mass is 19.1. The minimum absolute atomic E-state index is 0.451. The Morgan fingerprint density at radius 2 is 1.75 bits per heavy atom. The second kappa shape index (κ2) is 6.99. The van der Waals surface area contributed by atoms with Crippen molar-refractivity contribution >= 4 is 11.6 Å². The van der Waals surface area contributed by atoms with Crippen LogP contribution in [-0.2, 0) is 17.6 Å². The number of carbonyl (C=O) groups excluding carboxylic acids is 1. The van der Waals surface area contributed by atoms with Crippen LogP contribution in [0.15, 0.2) is 36.4 Å². The molecule has 0 saturated carbocycles. The van der Waals surface area contributed by atoms with Crippen LogP contribution >= 0.6 is 0 Å². The second-order valence-corrected chi connectivity index (χ2v) is 5.95. The number of fused-ring (bicyclic) bond motifs is 1. The topological polar surface area (TPSA) is 38.3 Å². The number of amides is 1. The lowest BCUT2D eigenvalue weighted by atomic mass is 9.91. The Kier molecular flexibility index (Phi) is 4.79. The summed E-state index contributed by atoms with van der Waals surface area (Å²) in [6, 6.07) is 9.24. The summed E-state index contributed by atoms with van der Waals surface area (Å²) >= 11 is 0. The molecule has 1 aliphatic rings. The number of anilines is 1. The minimum Gasteiger partial charge on any atom is -0.481 e. The van der Waals surface area contributed by atoms with E-state index in [-0.39, 0.29) is 0 Å². The third-order valence-corrected chi connectivity index (χ3v) is 4.24. The third-order valence-electron chi connectivity index (χ3n) is 4.24. The summed E-state index contributed by atoms with van der Waals surface area (Å²) in [5.41, 5.74) is 1.92. The Hall–Kier alpha value is -2.43. The summed E-state index contributed by atoms with van der Waals surface area (Å²) in [5.74, 6) is -1.54. The normalized spacial score (nSPS) is 14.6. The molecule has 0 spiro atoms. The number of nitrogens with one attached hydrogen (secondary N) is 1. The van der Waals surface area contributed by atoms with Crippen molar-refractivity contribution < 1.29 is 18.3 Å². The van der Waals surface area contributed by atoms with Gasteiger partial charge in [0.25, 0.3) is 5.91 Å². The number of rotatable bonds is 4. The number of hydrogen-bond acceptors (Lipinski definition) is 2. The number of para-hydroxylation sites is 1. The molecular formula is C19H19F2NO2. The highest BCUT2D eigenvalue weighted by Crippen LogP contribution is 2.30. The Morgan fingerprint density at radius 3 is 2.50 bits per heavy atom. The summed E-state index contributed by atoms with van der Waals surface area (Å²) < 4.78 is 33.0. The number of ether oxygens (including phenoxy) is 1. The molecule has 0 radical (unpaired) electrons. The molecule has 0 bridgehead atoms. The van der Waals surface area contributed by atoms with Gasteiger partial charge in [0.05, 0.1) is 0 Å². The first-order valence-corrected chi connectivity index (χ1v) is 8.08. The van der Waals surface area contributed by atoms with E-state index in [0.29, 0.717) is 5.75 Å². The Balaban J connectivity index is 1.73. The fraction of sp³-hybridized carbons (Fsp3) is 0.316. The molecule has 1 aliphatic carbocycles. The lowest BCUT2D eigenvalue weighted by Gasteiger charge is -2.22. The van der Waals surface area contributed by atoms with Crippen molar-refractivity contribution in [3.63, 3.8) is 0 Å². The van der Waals surface area contributed by atoms with E-state index in [2.05, 4.69) is 11.4 Å². The van der Waals surface area contributed by atoms with Gasteiger partial charge in [-0.2, -0.15) is 0 Å². The maximum absolute atomic E-state index is 13.6. The van der Waals surface area contributed by atoms with Crippen LogP contribution in [0, 0.1) is 11.6 Å². The van der Waals surface area contributed by atoms with E-state index < -0.39 is 29.3 Å². The molecule has 3 nitrogen and oxygen atoms in total. The largest absolute Gasteiger partial charge is 0.481 e. The molecule has 1 N–H and O–H groups in total. The maximum Gasteiger partial charge on any atom is 0.265 e. The van der Waals surface area contributed by atoms with Gasteiger partial charge in [-0.05, 0) is 61.9 Å². The van der Waals surface area contributed by atoms with E-state index in [1.54, 1.807) is 6.92 Å². The summed E-state index contributed by atoms with van der Waals surface area (Å²) in [6.07, 6.45) is 3.31. The summed E-state index contributed by atoms with van der Waals surface area (Å²) in [4.78, 5) is 12.2. The molecule has 2 aromatic rings. The zero-order valence-electron chi connectivity index (χ0n) is 13.4. The monoisotopic (exact) mass is 331 g/mol. The van der Waals surface area contributed by atoms with Crippen LogP contribution < -0.4 is 10.1 Å². The van der Waals surface area contributed by atoms with E-state index in [1.165, 1.54) is 11.6 Å². The molecule has 24 heavy (non-hydrogen) atoms. The van der Waals surface area contributed by atoms with E-state index in [9.17, 15) is 13.6 Å².